The van der Waals surface area contributed by atoms with E-state index in [2.05, 4.69) is 17.5 Å². The summed E-state index contributed by atoms with van der Waals surface area (Å²) in [5.74, 6) is -0.0565. The molecule has 0 spiro atoms. The Balaban J connectivity index is 2.30. The minimum atomic E-state index is -0.0565. The van der Waals surface area contributed by atoms with Crippen LogP contribution in [0.5, 0.6) is 0 Å². The van der Waals surface area contributed by atoms with E-state index in [1.54, 1.807) is 30.3 Å². The molecule has 0 radical (unpaired) electrons. The Kier molecular flexibility index (Phi) is 4.56. The van der Waals surface area contributed by atoms with Gasteiger partial charge in [-0.3, -0.25) is 4.79 Å². The molecule has 2 aromatic rings. The first-order valence-corrected chi connectivity index (χ1v) is 6.87. The number of carbonyl (C=O) groups excluding carboxylic acids is 1. The summed E-state index contributed by atoms with van der Waals surface area (Å²) in [6, 6.07) is 16.3. The van der Waals surface area contributed by atoms with Crippen LogP contribution in [-0.2, 0) is 0 Å². The zero-order chi connectivity index (χ0) is 16.1. The molecule has 0 heterocycles. The molecule has 0 aliphatic heterocycles. The minimum Gasteiger partial charge on any atom is -0.378 e. The second kappa shape index (κ2) is 6.56. The molecule has 2 aromatic carbocycles. The van der Waals surface area contributed by atoms with E-state index < -0.39 is 0 Å². The van der Waals surface area contributed by atoms with E-state index in [4.69, 9.17) is 10.5 Å². The number of rotatable bonds is 4. The van der Waals surface area contributed by atoms with E-state index in [1.807, 2.05) is 19.1 Å². The van der Waals surface area contributed by atoms with Crippen LogP contribution >= 0.6 is 0 Å². The van der Waals surface area contributed by atoms with Crippen molar-refractivity contribution in [1.82, 2.24) is 0 Å². The highest BCUT2D eigenvalue weighted by Crippen LogP contribution is 2.24. The van der Waals surface area contributed by atoms with Crippen molar-refractivity contribution in [3.8, 4) is 12.1 Å². The summed E-state index contributed by atoms with van der Waals surface area (Å²) >= 11 is 0. The Hall–Kier alpha value is -3.11. The molecule has 0 saturated carbocycles. The fourth-order valence-electron chi connectivity index (χ4n) is 2.20. The summed E-state index contributed by atoms with van der Waals surface area (Å²) in [7, 11) is 0. The van der Waals surface area contributed by atoms with Gasteiger partial charge in [0.25, 0.3) is 0 Å². The molecule has 0 aliphatic carbocycles. The number of anilines is 1. The Morgan fingerprint density at radius 3 is 2.18 bits per heavy atom. The van der Waals surface area contributed by atoms with Crippen molar-refractivity contribution < 1.29 is 4.79 Å². The van der Waals surface area contributed by atoms with Crippen LogP contribution in [0.2, 0.25) is 0 Å². The van der Waals surface area contributed by atoms with E-state index in [1.165, 1.54) is 6.92 Å². The number of benzene rings is 2. The van der Waals surface area contributed by atoms with Crippen LogP contribution in [0.15, 0.2) is 42.5 Å². The van der Waals surface area contributed by atoms with Gasteiger partial charge in [0.2, 0.25) is 0 Å². The monoisotopic (exact) mass is 289 g/mol. The molecule has 2 rings (SSSR count). The summed E-state index contributed by atoms with van der Waals surface area (Å²) < 4.78 is 0. The van der Waals surface area contributed by atoms with Crippen LogP contribution < -0.4 is 5.32 Å². The molecule has 0 aromatic heterocycles. The third-order valence-electron chi connectivity index (χ3n) is 3.44. The summed E-state index contributed by atoms with van der Waals surface area (Å²) in [6.07, 6.45) is 0. The largest absolute Gasteiger partial charge is 0.378 e. The van der Waals surface area contributed by atoms with Crippen molar-refractivity contribution in [3.05, 3.63) is 64.7 Å². The third kappa shape index (κ3) is 3.31. The summed E-state index contributed by atoms with van der Waals surface area (Å²) in [5.41, 5.74) is 3.30. The number of ketones is 1. The quantitative estimate of drug-likeness (QED) is 0.868. The molecule has 4 heteroatoms. The molecule has 1 atom stereocenters. The van der Waals surface area contributed by atoms with E-state index in [9.17, 15) is 4.79 Å². The summed E-state index contributed by atoms with van der Waals surface area (Å²) in [6.45, 7) is 3.46. The lowest BCUT2D eigenvalue weighted by Gasteiger charge is -2.18. The van der Waals surface area contributed by atoms with Gasteiger partial charge in [-0.2, -0.15) is 10.5 Å². The number of hydrogen-bond donors (Lipinski definition) is 1. The summed E-state index contributed by atoms with van der Waals surface area (Å²) in [4.78, 5) is 11.7. The van der Waals surface area contributed by atoms with Crippen LogP contribution in [0, 0.1) is 22.7 Å². The highest BCUT2D eigenvalue weighted by molar-refractivity contribution is 5.99. The molecular formula is C18H15N3O. The number of hydrogen-bond acceptors (Lipinski definition) is 4. The van der Waals surface area contributed by atoms with Crippen LogP contribution in [-0.4, -0.2) is 5.78 Å². The maximum absolute atomic E-state index is 11.7. The standard InChI is InChI=1S/C18H15N3O/c1-12(16-6-3-14(10-19)4-7-16)21-18-9-15(11-20)5-8-17(18)13(2)22/h3-9,12,21H,1-2H3. The highest BCUT2D eigenvalue weighted by Gasteiger charge is 2.12. The molecule has 108 valence electrons. The predicted molar refractivity (Wildman–Crippen MR) is 84.4 cm³/mol. The second-order valence-electron chi connectivity index (χ2n) is 5.03. The maximum Gasteiger partial charge on any atom is 0.161 e. The van der Waals surface area contributed by atoms with Gasteiger partial charge in [-0.1, -0.05) is 12.1 Å². The average molecular weight is 289 g/mol. The molecule has 0 amide bonds. The maximum atomic E-state index is 11.7. The van der Waals surface area contributed by atoms with Gasteiger partial charge in [0, 0.05) is 17.3 Å². The zero-order valence-electron chi connectivity index (χ0n) is 12.4. The Labute approximate surface area is 129 Å². The van der Waals surface area contributed by atoms with Gasteiger partial charge in [-0.25, -0.2) is 0 Å². The van der Waals surface area contributed by atoms with E-state index >= 15 is 0 Å². The lowest BCUT2D eigenvalue weighted by molar-refractivity contribution is 0.101. The van der Waals surface area contributed by atoms with Gasteiger partial charge in [-0.15, -0.1) is 0 Å². The normalized spacial score (nSPS) is 11.1. The zero-order valence-corrected chi connectivity index (χ0v) is 12.4. The average Bonchev–Trinajstić information content (AvgIpc) is 2.54. The molecule has 1 unspecified atom stereocenters. The van der Waals surface area contributed by atoms with Gasteiger partial charge in [0.1, 0.15) is 0 Å². The fraction of sp³-hybridized carbons (Fsp3) is 0.167. The van der Waals surface area contributed by atoms with Gasteiger partial charge in [-0.05, 0) is 49.7 Å². The molecular weight excluding hydrogens is 274 g/mol. The number of Topliss-reactive ketones (excluding diaryl/α,β-unsaturated/α-hetero) is 1. The van der Waals surface area contributed by atoms with E-state index in [0.29, 0.717) is 22.4 Å². The smallest absolute Gasteiger partial charge is 0.161 e. The Bertz CT molecular complexity index is 779. The fourth-order valence-corrected chi connectivity index (χ4v) is 2.20. The van der Waals surface area contributed by atoms with Crippen LogP contribution in [0.25, 0.3) is 0 Å². The van der Waals surface area contributed by atoms with Crippen molar-refractivity contribution in [2.75, 3.05) is 5.32 Å². The molecule has 1 N–H and O–H groups in total. The Morgan fingerprint density at radius 1 is 1.05 bits per heavy atom. The topological polar surface area (TPSA) is 76.7 Å². The van der Waals surface area contributed by atoms with Crippen molar-refractivity contribution in [2.24, 2.45) is 0 Å². The third-order valence-corrected chi connectivity index (χ3v) is 3.44. The van der Waals surface area contributed by atoms with Crippen molar-refractivity contribution >= 4 is 11.5 Å². The van der Waals surface area contributed by atoms with Gasteiger partial charge in [0.15, 0.2) is 5.78 Å². The first-order valence-electron chi connectivity index (χ1n) is 6.87. The SMILES string of the molecule is CC(=O)c1ccc(C#N)cc1NC(C)c1ccc(C#N)cc1. The molecule has 4 nitrogen and oxygen atoms in total. The van der Waals surface area contributed by atoms with Crippen LogP contribution in [0.1, 0.15) is 46.9 Å². The lowest BCUT2D eigenvalue weighted by Crippen LogP contribution is -2.10. The summed E-state index contributed by atoms with van der Waals surface area (Å²) in [5, 5.41) is 21.1. The molecule has 0 bridgehead atoms. The van der Waals surface area contributed by atoms with E-state index in [0.717, 1.165) is 5.56 Å². The molecule has 0 aliphatic rings. The Morgan fingerprint density at radius 2 is 1.64 bits per heavy atom. The lowest BCUT2D eigenvalue weighted by atomic mass is 10.0. The van der Waals surface area contributed by atoms with E-state index in [-0.39, 0.29) is 11.8 Å². The van der Waals surface area contributed by atoms with Crippen LogP contribution in [0.4, 0.5) is 5.69 Å². The number of nitriles is 2. The molecule has 0 saturated heterocycles. The molecule has 22 heavy (non-hydrogen) atoms. The predicted octanol–water partition coefficient (Wildman–Crippen LogP) is 3.81. The van der Waals surface area contributed by atoms with Gasteiger partial charge >= 0.3 is 0 Å². The van der Waals surface area contributed by atoms with Crippen molar-refractivity contribution in [3.63, 3.8) is 0 Å². The van der Waals surface area contributed by atoms with Gasteiger partial charge < -0.3 is 5.32 Å². The van der Waals surface area contributed by atoms with Crippen LogP contribution in [0.3, 0.4) is 0 Å². The highest BCUT2D eigenvalue weighted by atomic mass is 16.1. The number of nitrogens with zero attached hydrogens (tertiary/aromatic N) is 2. The second-order valence-corrected chi connectivity index (χ2v) is 5.03. The van der Waals surface area contributed by atoms with Gasteiger partial charge in [0.05, 0.1) is 23.3 Å². The minimum absolute atomic E-state index is 0.0558. The first-order chi connectivity index (χ1) is 10.5. The first kappa shape index (κ1) is 15.3. The number of carbonyl (C=O) groups is 1. The number of nitrogens with one attached hydrogen (secondary N) is 1. The van der Waals surface area contributed by atoms with Crippen molar-refractivity contribution in [2.45, 2.75) is 19.9 Å². The van der Waals surface area contributed by atoms with Crippen molar-refractivity contribution in [1.29, 1.82) is 10.5 Å². The molecule has 0 fully saturated rings.